The molecule has 1 unspecified atom stereocenters. The fraction of sp³-hybridized carbons (Fsp3) is 0.500. The second kappa shape index (κ2) is 3.39. The Bertz CT molecular complexity index is 220. The standard InChI is InChI=1S/C10H13N/c1-3-10(9-11-2)7-5-4-6-8-10/h4-7H,3,8-9H2,1H3. The van der Waals surface area contributed by atoms with Crippen molar-refractivity contribution >= 4 is 0 Å². The SMILES string of the molecule is [C-]#[N+]CC1(CC)C=CC=CC1. The van der Waals surface area contributed by atoms with Crippen LogP contribution in [-0.2, 0) is 0 Å². The van der Waals surface area contributed by atoms with Crippen LogP contribution in [-0.4, -0.2) is 6.54 Å². The molecule has 0 amide bonds. The van der Waals surface area contributed by atoms with Crippen LogP contribution in [0.4, 0.5) is 0 Å². The van der Waals surface area contributed by atoms with Gasteiger partial charge in [0.25, 0.3) is 0 Å². The summed E-state index contributed by atoms with van der Waals surface area (Å²) in [6, 6.07) is 0. The van der Waals surface area contributed by atoms with E-state index in [1.807, 2.05) is 0 Å². The quantitative estimate of drug-likeness (QED) is 0.529. The molecular weight excluding hydrogens is 134 g/mol. The Hall–Kier alpha value is -1.03. The summed E-state index contributed by atoms with van der Waals surface area (Å²) < 4.78 is 0. The molecule has 0 heterocycles. The van der Waals surface area contributed by atoms with E-state index in [1.165, 1.54) is 0 Å². The summed E-state index contributed by atoms with van der Waals surface area (Å²) in [6.07, 6.45) is 10.5. The number of hydrogen-bond donors (Lipinski definition) is 0. The Kier molecular flexibility index (Phi) is 2.48. The molecule has 11 heavy (non-hydrogen) atoms. The zero-order valence-electron chi connectivity index (χ0n) is 6.88. The number of allylic oxidation sites excluding steroid dienone is 3. The fourth-order valence-corrected chi connectivity index (χ4v) is 1.36. The highest BCUT2D eigenvalue weighted by Gasteiger charge is 2.27. The minimum absolute atomic E-state index is 0.149. The van der Waals surface area contributed by atoms with Crippen LogP contribution in [0.25, 0.3) is 4.85 Å². The molecule has 1 aliphatic carbocycles. The molecule has 1 aliphatic rings. The minimum atomic E-state index is 0.149. The van der Waals surface area contributed by atoms with Crippen LogP contribution < -0.4 is 0 Å². The van der Waals surface area contributed by atoms with Crippen molar-refractivity contribution in [2.75, 3.05) is 6.54 Å². The second-order valence-electron chi connectivity index (χ2n) is 3.02. The zero-order valence-corrected chi connectivity index (χ0v) is 6.88. The Morgan fingerprint density at radius 2 is 2.36 bits per heavy atom. The van der Waals surface area contributed by atoms with E-state index in [0.29, 0.717) is 6.54 Å². The predicted molar refractivity (Wildman–Crippen MR) is 47.1 cm³/mol. The van der Waals surface area contributed by atoms with E-state index in [0.717, 1.165) is 12.8 Å². The molecule has 0 bridgehead atoms. The normalized spacial score (nSPS) is 28.4. The molecule has 0 aromatic carbocycles. The first-order chi connectivity index (χ1) is 5.33. The van der Waals surface area contributed by atoms with Crippen LogP contribution in [0.15, 0.2) is 24.3 Å². The molecule has 1 nitrogen and oxygen atoms in total. The lowest BCUT2D eigenvalue weighted by Crippen LogP contribution is -2.20. The first-order valence-electron chi connectivity index (χ1n) is 4.00. The molecule has 0 aromatic heterocycles. The molecule has 0 saturated carbocycles. The summed E-state index contributed by atoms with van der Waals surface area (Å²) in [7, 11) is 0. The fourth-order valence-electron chi connectivity index (χ4n) is 1.36. The van der Waals surface area contributed by atoms with Gasteiger partial charge in [-0.15, -0.1) is 0 Å². The average Bonchev–Trinajstić information content (AvgIpc) is 2.07. The molecule has 0 saturated heterocycles. The highest BCUT2D eigenvalue weighted by atomic mass is 14.7. The molecule has 0 N–H and O–H groups in total. The van der Waals surface area contributed by atoms with Gasteiger partial charge in [0.15, 0.2) is 0 Å². The maximum absolute atomic E-state index is 6.83. The Morgan fingerprint density at radius 3 is 2.82 bits per heavy atom. The van der Waals surface area contributed by atoms with Crippen molar-refractivity contribution in [2.45, 2.75) is 19.8 Å². The van der Waals surface area contributed by atoms with Gasteiger partial charge in [0.05, 0.1) is 5.41 Å². The van der Waals surface area contributed by atoms with Gasteiger partial charge in [0, 0.05) is 0 Å². The van der Waals surface area contributed by atoms with E-state index in [1.54, 1.807) is 0 Å². The summed E-state index contributed by atoms with van der Waals surface area (Å²) in [6.45, 7) is 9.61. The first kappa shape index (κ1) is 8.07. The number of hydrogen-bond acceptors (Lipinski definition) is 0. The van der Waals surface area contributed by atoms with Crippen molar-refractivity contribution in [3.8, 4) is 0 Å². The third kappa shape index (κ3) is 1.71. The highest BCUT2D eigenvalue weighted by Crippen LogP contribution is 2.31. The largest absolute Gasteiger partial charge is 0.316 e. The smallest absolute Gasteiger partial charge is 0.223 e. The van der Waals surface area contributed by atoms with Crippen LogP contribution >= 0.6 is 0 Å². The molecule has 0 aromatic rings. The highest BCUT2D eigenvalue weighted by molar-refractivity contribution is 5.17. The lowest BCUT2D eigenvalue weighted by Gasteiger charge is -2.23. The zero-order chi connectivity index (χ0) is 8.16. The van der Waals surface area contributed by atoms with Crippen molar-refractivity contribution in [1.29, 1.82) is 0 Å². The lowest BCUT2D eigenvalue weighted by atomic mass is 9.79. The van der Waals surface area contributed by atoms with Crippen molar-refractivity contribution in [3.63, 3.8) is 0 Å². The predicted octanol–water partition coefficient (Wildman–Crippen LogP) is 2.82. The molecule has 0 aliphatic heterocycles. The maximum atomic E-state index is 6.83. The summed E-state index contributed by atoms with van der Waals surface area (Å²) in [5.74, 6) is 0. The Balaban J connectivity index is 2.70. The molecular formula is C10H13N. The van der Waals surface area contributed by atoms with Gasteiger partial charge in [-0.2, -0.15) is 0 Å². The van der Waals surface area contributed by atoms with E-state index >= 15 is 0 Å². The van der Waals surface area contributed by atoms with Crippen LogP contribution in [0.2, 0.25) is 0 Å². The van der Waals surface area contributed by atoms with Gasteiger partial charge in [-0.1, -0.05) is 31.2 Å². The van der Waals surface area contributed by atoms with Crippen LogP contribution in [0.3, 0.4) is 0 Å². The van der Waals surface area contributed by atoms with E-state index in [4.69, 9.17) is 6.57 Å². The maximum Gasteiger partial charge on any atom is 0.223 e. The third-order valence-corrected chi connectivity index (χ3v) is 2.32. The molecule has 1 heteroatoms. The van der Waals surface area contributed by atoms with Crippen molar-refractivity contribution in [2.24, 2.45) is 5.41 Å². The number of nitrogens with zero attached hydrogens (tertiary/aromatic N) is 1. The molecule has 0 fully saturated rings. The van der Waals surface area contributed by atoms with E-state index < -0.39 is 0 Å². The molecule has 0 spiro atoms. The average molecular weight is 147 g/mol. The van der Waals surface area contributed by atoms with Crippen molar-refractivity contribution in [3.05, 3.63) is 35.7 Å². The minimum Gasteiger partial charge on any atom is -0.316 e. The Labute approximate surface area is 68.2 Å². The van der Waals surface area contributed by atoms with E-state index in [2.05, 4.69) is 36.1 Å². The van der Waals surface area contributed by atoms with Crippen molar-refractivity contribution in [1.82, 2.24) is 0 Å². The third-order valence-electron chi connectivity index (χ3n) is 2.32. The van der Waals surface area contributed by atoms with Crippen LogP contribution in [0.1, 0.15) is 19.8 Å². The first-order valence-corrected chi connectivity index (χ1v) is 4.00. The molecule has 0 radical (unpaired) electrons. The summed E-state index contributed by atoms with van der Waals surface area (Å²) in [5.41, 5.74) is 0.149. The van der Waals surface area contributed by atoms with Gasteiger partial charge in [-0.25, -0.2) is 6.57 Å². The lowest BCUT2D eigenvalue weighted by molar-refractivity contribution is 0.402. The summed E-state index contributed by atoms with van der Waals surface area (Å²) in [4.78, 5) is 3.47. The van der Waals surface area contributed by atoms with Gasteiger partial charge in [0.2, 0.25) is 6.54 Å². The van der Waals surface area contributed by atoms with Gasteiger partial charge in [-0.05, 0) is 12.8 Å². The molecule has 1 atom stereocenters. The summed E-state index contributed by atoms with van der Waals surface area (Å²) in [5, 5.41) is 0. The van der Waals surface area contributed by atoms with Crippen LogP contribution in [0.5, 0.6) is 0 Å². The number of rotatable bonds is 2. The van der Waals surface area contributed by atoms with E-state index in [-0.39, 0.29) is 5.41 Å². The summed E-state index contributed by atoms with van der Waals surface area (Å²) >= 11 is 0. The topological polar surface area (TPSA) is 4.36 Å². The van der Waals surface area contributed by atoms with Crippen LogP contribution in [0, 0.1) is 12.0 Å². The molecule has 58 valence electrons. The van der Waals surface area contributed by atoms with Crippen molar-refractivity contribution < 1.29 is 0 Å². The van der Waals surface area contributed by atoms with Gasteiger partial charge >= 0.3 is 0 Å². The second-order valence-corrected chi connectivity index (χ2v) is 3.02. The van der Waals surface area contributed by atoms with Gasteiger partial charge < -0.3 is 4.85 Å². The van der Waals surface area contributed by atoms with Gasteiger partial charge in [0.1, 0.15) is 0 Å². The monoisotopic (exact) mass is 147 g/mol. The van der Waals surface area contributed by atoms with Gasteiger partial charge in [-0.3, -0.25) is 0 Å². The van der Waals surface area contributed by atoms with E-state index in [9.17, 15) is 0 Å². The molecule has 1 rings (SSSR count). The Morgan fingerprint density at radius 1 is 1.55 bits per heavy atom.